The van der Waals surface area contributed by atoms with Crippen molar-refractivity contribution >= 4 is 23.1 Å². The van der Waals surface area contributed by atoms with Crippen LogP contribution >= 0.6 is 11.3 Å². The van der Waals surface area contributed by atoms with Crippen LogP contribution in [-0.4, -0.2) is 22.4 Å². The lowest BCUT2D eigenvalue weighted by Gasteiger charge is -2.06. The molecule has 2 aromatic heterocycles. The number of rotatable bonds is 5. The van der Waals surface area contributed by atoms with E-state index in [1.54, 1.807) is 17.5 Å². The normalized spacial score (nSPS) is 10.2. The zero-order valence-corrected chi connectivity index (χ0v) is 11.8. The number of thiophene rings is 1. The van der Waals surface area contributed by atoms with E-state index in [4.69, 9.17) is 0 Å². The topological polar surface area (TPSA) is 66.9 Å². The van der Waals surface area contributed by atoms with Crippen LogP contribution in [0.1, 0.15) is 27.9 Å². The summed E-state index contributed by atoms with van der Waals surface area (Å²) in [4.78, 5) is 21.3. The second kappa shape index (κ2) is 6.29. The van der Waals surface area contributed by atoms with Gasteiger partial charge in [0.1, 0.15) is 11.5 Å². The highest BCUT2D eigenvalue weighted by Crippen LogP contribution is 2.15. The van der Waals surface area contributed by atoms with Gasteiger partial charge in [-0.2, -0.15) is 0 Å². The van der Waals surface area contributed by atoms with Gasteiger partial charge >= 0.3 is 0 Å². The average molecular weight is 276 g/mol. The quantitative estimate of drug-likeness (QED) is 0.878. The number of anilines is 1. The largest absolute Gasteiger partial charge is 0.369 e. The maximum Gasteiger partial charge on any atom is 0.271 e. The standard InChI is InChI=1S/C13H16N4OS/c1-3-15-12-8-14-6-10(17-12)13(18)16-7-11-9(2)4-5-19-11/h4-6,8H,3,7H2,1-2H3,(H,15,17)(H,16,18). The Morgan fingerprint density at radius 1 is 1.42 bits per heavy atom. The van der Waals surface area contributed by atoms with Gasteiger partial charge in [-0.05, 0) is 30.9 Å². The van der Waals surface area contributed by atoms with Gasteiger partial charge in [0.2, 0.25) is 0 Å². The molecule has 6 heteroatoms. The minimum Gasteiger partial charge on any atom is -0.369 e. The van der Waals surface area contributed by atoms with Crippen LogP contribution < -0.4 is 10.6 Å². The van der Waals surface area contributed by atoms with Crippen LogP contribution in [0, 0.1) is 6.92 Å². The summed E-state index contributed by atoms with van der Waals surface area (Å²) in [6.45, 7) is 5.27. The van der Waals surface area contributed by atoms with E-state index >= 15 is 0 Å². The average Bonchev–Trinajstić information content (AvgIpc) is 2.82. The predicted molar refractivity (Wildman–Crippen MR) is 76.4 cm³/mol. The van der Waals surface area contributed by atoms with Crippen LogP contribution in [0.25, 0.3) is 0 Å². The Morgan fingerprint density at radius 2 is 2.26 bits per heavy atom. The number of hydrogen-bond donors (Lipinski definition) is 2. The van der Waals surface area contributed by atoms with E-state index in [-0.39, 0.29) is 5.91 Å². The molecule has 0 radical (unpaired) electrons. The van der Waals surface area contributed by atoms with E-state index in [2.05, 4.69) is 20.6 Å². The summed E-state index contributed by atoms with van der Waals surface area (Å²) < 4.78 is 0. The van der Waals surface area contributed by atoms with Gasteiger partial charge in [0.25, 0.3) is 5.91 Å². The molecule has 0 aliphatic rings. The fourth-order valence-electron chi connectivity index (χ4n) is 1.58. The van der Waals surface area contributed by atoms with E-state index in [1.807, 2.05) is 25.3 Å². The summed E-state index contributed by atoms with van der Waals surface area (Å²) in [6.07, 6.45) is 3.07. The number of carbonyl (C=O) groups is 1. The van der Waals surface area contributed by atoms with Crippen molar-refractivity contribution in [1.82, 2.24) is 15.3 Å². The molecule has 0 aromatic carbocycles. The van der Waals surface area contributed by atoms with Crippen molar-refractivity contribution in [2.75, 3.05) is 11.9 Å². The molecule has 0 unspecified atom stereocenters. The van der Waals surface area contributed by atoms with Crippen LogP contribution in [0.2, 0.25) is 0 Å². The molecule has 0 bridgehead atoms. The highest BCUT2D eigenvalue weighted by atomic mass is 32.1. The van der Waals surface area contributed by atoms with Gasteiger partial charge in [-0.1, -0.05) is 0 Å². The Balaban J connectivity index is 2.00. The first-order chi connectivity index (χ1) is 9.20. The predicted octanol–water partition coefficient (Wildman–Crippen LogP) is 2.21. The fourth-order valence-corrected chi connectivity index (χ4v) is 2.42. The van der Waals surface area contributed by atoms with Gasteiger partial charge in [-0.25, -0.2) is 4.98 Å². The molecule has 100 valence electrons. The van der Waals surface area contributed by atoms with E-state index in [0.29, 0.717) is 18.1 Å². The number of carbonyl (C=O) groups excluding carboxylic acids is 1. The molecule has 0 fully saturated rings. The van der Waals surface area contributed by atoms with Crippen molar-refractivity contribution in [3.63, 3.8) is 0 Å². The fraction of sp³-hybridized carbons (Fsp3) is 0.308. The van der Waals surface area contributed by atoms with Crippen LogP contribution in [0.4, 0.5) is 5.82 Å². The second-order valence-corrected chi connectivity index (χ2v) is 5.03. The summed E-state index contributed by atoms with van der Waals surface area (Å²) in [7, 11) is 0. The lowest BCUT2D eigenvalue weighted by molar-refractivity contribution is 0.0946. The lowest BCUT2D eigenvalue weighted by atomic mass is 10.3. The highest BCUT2D eigenvalue weighted by Gasteiger charge is 2.09. The maximum absolute atomic E-state index is 12.0. The smallest absolute Gasteiger partial charge is 0.271 e. The summed E-state index contributed by atoms with van der Waals surface area (Å²) in [5.41, 5.74) is 1.52. The molecule has 0 atom stereocenters. The molecule has 0 aliphatic heterocycles. The van der Waals surface area contributed by atoms with Gasteiger partial charge in [0.15, 0.2) is 0 Å². The van der Waals surface area contributed by atoms with Gasteiger partial charge in [0, 0.05) is 11.4 Å². The summed E-state index contributed by atoms with van der Waals surface area (Å²) in [5, 5.41) is 7.90. The lowest BCUT2D eigenvalue weighted by Crippen LogP contribution is -2.24. The van der Waals surface area contributed by atoms with Gasteiger partial charge < -0.3 is 10.6 Å². The van der Waals surface area contributed by atoms with Crippen molar-refractivity contribution in [2.45, 2.75) is 20.4 Å². The van der Waals surface area contributed by atoms with Crippen LogP contribution in [0.5, 0.6) is 0 Å². The third kappa shape index (κ3) is 3.51. The van der Waals surface area contributed by atoms with Crippen molar-refractivity contribution in [3.8, 4) is 0 Å². The maximum atomic E-state index is 12.0. The summed E-state index contributed by atoms with van der Waals surface area (Å²) >= 11 is 1.63. The molecule has 19 heavy (non-hydrogen) atoms. The second-order valence-electron chi connectivity index (χ2n) is 4.03. The molecule has 1 amide bonds. The summed E-state index contributed by atoms with van der Waals surface area (Å²) in [6, 6.07) is 2.04. The minimum atomic E-state index is -0.208. The number of aryl methyl sites for hydroxylation is 1. The molecular formula is C13H16N4OS. The third-order valence-corrected chi connectivity index (χ3v) is 3.63. The molecule has 0 saturated heterocycles. The van der Waals surface area contributed by atoms with Crippen molar-refractivity contribution in [2.24, 2.45) is 0 Å². The number of nitrogens with one attached hydrogen (secondary N) is 2. The molecule has 2 aromatic rings. The van der Waals surface area contributed by atoms with Gasteiger partial charge in [-0.3, -0.25) is 9.78 Å². The van der Waals surface area contributed by atoms with Crippen LogP contribution in [0.15, 0.2) is 23.8 Å². The third-order valence-electron chi connectivity index (χ3n) is 2.60. The van der Waals surface area contributed by atoms with E-state index < -0.39 is 0 Å². The Kier molecular flexibility index (Phi) is 4.46. The zero-order valence-electron chi connectivity index (χ0n) is 10.9. The number of nitrogens with zero attached hydrogens (tertiary/aromatic N) is 2. The first-order valence-electron chi connectivity index (χ1n) is 6.07. The molecule has 2 rings (SSSR count). The molecule has 5 nitrogen and oxygen atoms in total. The molecule has 0 saturated carbocycles. The zero-order chi connectivity index (χ0) is 13.7. The number of aromatic nitrogens is 2. The molecule has 2 N–H and O–H groups in total. The van der Waals surface area contributed by atoms with E-state index in [9.17, 15) is 4.79 Å². The van der Waals surface area contributed by atoms with Crippen molar-refractivity contribution in [1.29, 1.82) is 0 Å². The number of hydrogen-bond acceptors (Lipinski definition) is 5. The van der Waals surface area contributed by atoms with E-state index in [1.165, 1.54) is 11.8 Å². The highest BCUT2D eigenvalue weighted by molar-refractivity contribution is 7.10. The first kappa shape index (κ1) is 13.5. The molecular weight excluding hydrogens is 260 g/mol. The van der Waals surface area contributed by atoms with Gasteiger partial charge in [0.05, 0.1) is 18.9 Å². The van der Waals surface area contributed by atoms with Gasteiger partial charge in [-0.15, -0.1) is 11.3 Å². The van der Waals surface area contributed by atoms with E-state index in [0.717, 1.165) is 11.4 Å². The molecule has 0 aliphatic carbocycles. The Bertz CT molecular complexity index is 567. The Hall–Kier alpha value is -1.95. The van der Waals surface area contributed by atoms with Crippen molar-refractivity contribution in [3.05, 3.63) is 40.0 Å². The SMILES string of the molecule is CCNc1cncc(C(=O)NCc2sccc2C)n1. The van der Waals surface area contributed by atoms with Crippen molar-refractivity contribution < 1.29 is 4.79 Å². The minimum absolute atomic E-state index is 0.208. The number of amides is 1. The molecule has 2 heterocycles. The first-order valence-corrected chi connectivity index (χ1v) is 6.95. The Morgan fingerprint density at radius 3 is 2.95 bits per heavy atom. The Labute approximate surface area is 116 Å². The van der Waals surface area contributed by atoms with Crippen LogP contribution in [-0.2, 0) is 6.54 Å². The van der Waals surface area contributed by atoms with Crippen LogP contribution in [0.3, 0.4) is 0 Å². The molecule has 0 spiro atoms. The summed E-state index contributed by atoms with van der Waals surface area (Å²) in [5.74, 6) is 0.405. The monoisotopic (exact) mass is 276 g/mol.